The quantitative estimate of drug-likeness (QED) is 0.587. The molecule has 4 nitrogen and oxygen atoms in total. The minimum absolute atomic E-state index is 0.0282. The number of hydrogen-bond donors (Lipinski definition) is 0. The highest BCUT2D eigenvalue weighted by Crippen LogP contribution is 2.26. The Bertz CT molecular complexity index is 452. The SMILES string of the molecule is COCOC1/C=C/C=C/CC(C#N)(C#N)C/C=C\CCC1. The number of hydrogen-bond acceptors (Lipinski definition) is 4. The Balaban J connectivity index is 2.76. The highest BCUT2D eigenvalue weighted by atomic mass is 16.7. The van der Waals surface area contributed by atoms with Gasteiger partial charge in [0.15, 0.2) is 5.41 Å². The number of nitrogens with zero attached hydrogens (tertiary/aromatic N) is 2. The molecule has 0 aromatic heterocycles. The fourth-order valence-corrected chi connectivity index (χ4v) is 2.06. The molecule has 0 N–H and O–H groups in total. The standard InChI is InChI=1S/C17H22N2O2/c1-20-15-21-16-9-5-2-3-7-11-17(13-18,14-19)12-8-4-6-10-16/h3-4,6-8,10,16H,2,5,9,11-12,15H2,1H3/b7-3-,8-4+,10-6+. The van der Waals surface area contributed by atoms with Crippen LogP contribution in [0.15, 0.2) is 36.5 Å². The predicted octanol–water partition coefficient (Wildman–Crippen LogP) is 3.64. The van der Waals surface area contributed by atoms with Gasteiger partial charge in [-0.2, -0.15) is 10.5 Å². The largest absolute Gasteiger partial charge is 0.359 e. The lowest BCUT2D eigenvalue weighted by molar-refractivity contribution is -0.0578. The summed E-state index contributed by atoms with van der Waals surface area (Å²) in [5.74, 6) is 0. The van der Waals surface area contributed by atoms with Crippen LogP contribution in [0.3, 0.4) is 0 Å². The highest BCUT2D eigenvalue weighted by Gasteiger charge is 2.26. The van der Waals surface area contributed by atoms with Crippen molar-refractivity contribution in [1.29, 1.82) is 10.5 Å². The van der Waals surface area contributed by atoms with E-state index in [0.29, 0.717) is 12.8 Å². The van der Waals surface area contributed by atoms with Gasteiger partial charge in [0.1, 0.15) is 6.79 Å². The molecule has 0 aliphatic heterocycles. The Hall–Kier alpha value is -1.88. The molecule has 0 saturated carbocycles. The van der Waals surface area contributed by atoms with Crippen molar-refractivity contribution >= 4 is 0 Å². The molecular formula is C17H22N2O2. The van der Waals surface area contributed by atoms with Gasteiger partial charge in [0.2, 0.25) is 0 Å². The number of nitriles is 2. The van der Waals surface area contributed by atoms with Crippen molar-refractivity contribution in [3.8, 4) is 12.1 Å². The molecule has 1 aliphatic rings. The second-order valence-corrected chi connectivity index (χ2v) is 5.04. The highest BCUT2D eigenvalue weighted by molar-refractivity contribution is 5.20. The van der Waals surface area contributed by atoms with Crippen molar-refractivity contribution in [2.24, 2.45) is 5.41 Å². The molecule has 1 unspecified atom stereocenters. The van der Waals surface area contributed by atoms with Gasteiger partial charge in [-0.1, -0.05) is 36.5 Å². The summed E-state index contributed by atoms with van der Waals surface area (Å²) >= 11 is 0. The summed E-state index contributed by atoms with van der Waals surface area (Å²) in [6.07, 6.45) is 15.4. The molecule has 0 aromatic rings. The van der Waals surface area contributed by atoms with Crippen molar-refractivity contribution in [2.75, 3.05) is 13.9 Å². The van der Waals surface area contributed by atoms with Crippen LogP contribution >= 0.6 is 0 Å². The Morgan fingerprint density at radius 2 is 1.90 bits per heavy atom. The minimum Gasteiger partial charge on any atom is -0.359 e. The van der Waals surface area contributed by atoms with E-state index in [9.17, 15) is 10.5 Å². The van der Waals surface area contributed by atoms with Crippen LogP contribution in [-0.2, 0) is 9.47 Å². The third-order valence-corrected chi connectivity index (χ3v) is 3.36. The normalized spacial score (nSPS) is 26.9. The molecule has 0 amide bonds. The zero-order chi connectivity index (χ0) is 15.4. The average Bonchev–Trinajstić information content (AvgIpc) is 2.54. The fourth-order valence-electron chi connectivity index (χ4n) is 2.06. The van der Waals surface area contributed by atoms with Crippen LogP contribution in [0.4, 0.5) is 0 Å². The van der Waals surface area contributed by atoms with Crippen LogP contribution in [0.2, 0.25) is 0 Å². The van der Waals surface area contributed by atoms with Gasteiger partial charge < -0.3 is 9.47 Å². The summed E-state index contributed by atoms with van der Waals surface area (Å²) in [6.45, 7) is 0.278. The van der Waals surface area contributed by atoms with E-state index >= 15 is 0 Å². The van der Waals surface area contributed by atoms with Crippen molar-refractivity contribution in [3.63, 3.8) is 0 Å². The first-order valence-electron chi connectivity index (χ1n) is 7.18. The Morgan fingerprint density at radius 3 is 2.62 bits per heavy atom. The summed E-state index contributed by atoms with van der Waals surface area (Å²) in [6, 6.07) is 4.28. The van der Waals surface area contributed by atoms with Crippen LogP contribution < -0.4 is 0 Å². The maximum absolute atomic E-state index is 9.25. The summed E-state index contributed by atoms with van der Waals surface area (Å²) in [4.78, 5) is 0. The molecular weight excluding hydrogens is 264 g/mol. The van der Waals surface area contributed by atoms with Crippen molar-refractivity contribution in [2.45, 2.75) is 38.2 Å². The molecule has 0 heterocycles. The maximum atomic E-state index is 9.25. The molecule has 1 rings (SSSR count). The summed E-state index contributed by atoms with van der Waals surface area (Å²) in [7, 11) is 1.61. The molecule has 0 fully saturated rings. The van der Waals surface area contributed by atoms with Gasteiger partial charge in [0.05, 0.1) is 18.2 Å². The topological polar surface area (TPSA) is 66.0 Å². The third kappa shape index (κ3) is 6.40. The Morgan fingerprint density at radius 1 is 1.14 bits per heavy atom. The number of methoxy groups -OCH3 is 1. The predicted molar refractivity (Wildman–Crippen MR) is 80.9 cm³/mol. The molecule has 0 aromatic carbocycles. The van der Waals surface area contributed by atoms with Gasteiger partial charge in [-0.3, -0.25) is 0 Å². The molecule has 1 aliphatic carbocycles. The van der Waals surface area contributed by atoms with Crippen LogP contribution in [0, 0.1) is 28.1 Å². The first kappa shape index (κ1) is 17.2. The van der Waals surface area contributed by atoms with Gasteiger partial charge in [-0.15, -0.1) is 0 Å². The molecule has 1 atom stereocenters. The van der Waals surface area contributed by atoms with E-state index in [0.717, 1.165) is 19.3 Å². The molecule has 112 valence electrons. The lowest BCUT2D eigenvalue weighted by Gasteiger charge is -2.13. The van der Waals surface area contributed by atoms with Gasteiger partial charge in [-0.25, -0.2) is 0 Å². The van der Waals surface area contributed by atoms with E-state index in [1.807, 2.05) is 36.5 Å². The summed E-state index contributed by atoms with van der Waals surface area (Å²) < 4.78 is 10.5. The molecule has 0 bridgehead atoms. The molecule has 4 heteroatoms. The van der Waals surface area contributed by atoms with Gasteiger partial charge >= 0.3 is 0 Å². The minimum atomic E-state index is -0.957. The average molecular weight is 286 g/mol. The van der Waals surface area contributed by atoms with E-state index in [1.165, 1.54) is 0 Å². The van der Waals surface area contributed by atoms with Crippen LogP contribution in [0.1, 0.15) is 32.1 Å². The lowest BCUT2D eigenvalue weighted by Crippen LogP contribution is -2.13. The smallest absolute Gasteiger partial charge is 0.150 e. The fraction of sp³-hybridized carbons (Fsp3) is 0.529. The second kappa shape index (κ2) is 9.94. The summed E-state index contributed by atoms with van der Waals surface area (Å²) in [5, 5.41) is 18.5. The van der Waals surface area contributed by atoms with Crippen molar-refractivity contribution in [3.05, 3.63) is 36.5 Å². The Kier molecular flexibility index (Phi) is 8.12. The van der Waals surface area contributed by atoms with Gasteiger partial charge in [0.25, 0.3) is 0 Å². The van der Waals surface area contributed by atoms with Crippen LogP contribution in [0.25, 0.3) is 0 Å². The Labute approximate surface area is 127 Å². The van der Waals surface area contributed by atoms with E-state index in [2.05, 4.69) is 12.1 Å². The maximum Gasteiger partial charge on any atom is 0.150 e. The van der Waals surface area contributed by atoms with Gasteiger partial charge in [0, 0.05) is 7.11 Å². The molecule has 0 radical (unpaired) electrons. The number of ether oxygens (including phenoxy) is 2. The number of rotatable bonds is 3. The van der Waals surface area contributed by atoms with E-state index in [-0.39, 0.29) is 12.9 Å². The molecule has 0 spiro atoms. The van der Waals surface area contributed by atoms with E-state index in [4.69, 9.17) is 9.47 Å². The van der Waals surface area contributed by atoms with Crippen molar-refractivity contribution < 1.29 is 9.47 Å². The zero-order valence-electron chi connectivity index (χ0n) is 12.5. The van der Waals surface area contributed by atoms with E-state index < -0.39 is 5.41 Å². The summed E-state index contributed by atoms with van der Waals surface area (Å²) in [5.41, 5.74) is -0.957. The molecule has 21 heavy (non-hydrogen) atoms. The first-order chi connectivity index (χ1) is 10.3. The number of allylic oxidation sites excluding steroid dienone is 5. The van der Waals surface area contributed by atoms with Crippen LogP contribution in [0.5, 0.6) is 0 Å². The third-order valence-electron chi connectivity index (χ3n) is 3.36. The monoisotopic (exact) mass is 286 g/mol. The lowest BCUT2D eigenvalue weighted by atomic mass is 9.84. The van der Waals surface area contributed by atoms with E-state index in [1.54, 1.807) is 7.11 Å². The zero-order valence-corrected chi connectivity index (χ0v) is 12.5. The van der Waals surface area contributed by atoms with Crippen LogP contribution in [-0.4, -0.2) is 20.0 Å². The molecule has 0 saturated heterocycles. The second-order valence-electron chi connectivity index (χ2n) is 5.04. The first-order valence-corrected chi connectivity index (χ1v) is 7.18. The van der Waals surface area contributed by atoms with Crippen molar-refractivity contribution in [1.82, 2.24) is 0 Å². The van der Waals surface area contributed by atoms with Gasteiger partial charge in [-0.05, 0) is 32.1 Å².